The SMILES string of the molecule is NCCCSC[C@H]1O[C@@H](n2nnc3c(=O)[nH]cnc32)[C@H](O)[C@@H]1O. The van der Waals surface area contributed by atoms with Crippen LogP contribution in [0.2, 0.25) is 0 Å². The van der Waals surface area contributed by atoms with E-state index in [0.717, 1.165) is 12.2 Å². The minimum Gasteiger partial charge on any atom is -0.387 e. The molecule has 0 amide bonds. The molecule has 1 saturated heterocycles. The first kappa shape index (κ1) is 16.3. The van der Waals surface area contributed by atoms with Crippen molar-refractivity contribution in [2.24, 2.45) is 5.73 Å². The van der Waals surface area contributed by atoms with Crippen LogP contribution in [0.25, 0.3) is 11.2 Å². The third-order valence-corrected chi connectivity index (χ3v) is 4.76. The highest BCUT2D eigenvalue weighted by atomic mass is 32.2. The number of hydrogen-bond donors (Lipinski definition) is 4. The van der Waals surface area contributed by atoms with Gasteiger partial charge >= 0.3 is 0 Å². The molecule has 3 heterocycles. The molecular formula is C12H18N6O4S. The van der Waals surface area contributed by atoms with Gasteiger partial charge in [0.2, 0.25) is 0 Å². The number of nitrogens with zero attached hydrogens (tertiary/aromatic N) is 4. The molecule has 126 valence electrons. The predicted molar refractivity (Wildman–Crippen MR) is 82.9 cm³/mol. The molecule has 2 aromatic rings. The number of thioether (sulfide) groups is 1. The number of rotatable bonds is 6. The topological polar surface area (TPSA) is 152 Å². The summed E-state index contributed by atoms with van der Waals surface area (Å²) >= 11 is 1.59. The van der Waals surface area contributed by atoms with Crippen LogP contribution in [0.4, 0.5) is 0 Å². The first-order valence-electron chi connectivity index (χ1n) is 7.21. The Bertz CT molecular complexity index is 721. The van der Waals surface area contributed by atoms with Crippen molar-refractivity contribution in [2.75, 3.05) is 18.1 Å². The summed E-state index contributed by atoms with van der Waals surface area (Å²) in [6.45, 7) is 0.609. The van der Waals surface area contributed by atoms with Gasteiger partial charge in [0.1, 0.15) is 12.2 Å². The highest BCUT2D eigenvalue weighted by Gasteiger charge is 2.44. The van der Waals surface area contributed by atoms with E-state index in [0.29, 0.717) is 12.3 Å². The fraction of sp³-hybridized carbons (Fsp3) is 0.667. The molecule has 0 radical (unpaired) electrons. The van der Waals surface area contributed by atoms with Gasteiger partial charge in [0.05, 0.1) is 12.4 Å². The number of H-pyrrole nitrogens is 1. The van der Waals surface area contributed by atoms with Crippen molar-refractivity contribution >= 4 is 22.9 Å². The van der Waals surface area contributed by atoms with Gasteiger partial charge in [-0.15, -0.1) is 5.10 Å². The Balaban J connectivity index is 1.77. The molecule has 0 spiro atoms. The summed E-state index contributed by atoms with van der Waals surface area (Å²) in [5.41, 5.74) is 5.26. The Morgan fingerprint density at radius 2 is 2.26 bits per heavy atom. The Morgan fingerprint density at radius 3 is 3.04 bits per heavy atom. The van der Waals surface area contributed by atoms with Crippen LogP contribution < -0.4 is 11.3 Å². The molecule has 1 aliphatic heterocycles. The van der Waals surface area contributed by atoms with E-state index >= 15 is 0 Å². The van der Waals surface area contributed by atoms with Gasteiger partial charge in [-0.1, -0.05) is 5.21 Å². The molecule has 11 heteroatoms. The van der Waals surface area contributed by atoms with E-state index < -0.39 is 30.1 Å². The van der Waals surface area contributed by atoms with E-state index in [2.05, 4.69) is 20.3 Å². The third-order valence-electron chi connectivity index (χ3n) is 3.62. The van der Waals surface area contributed by atoms with Crippen LogP contribution in [0.1, 0.15) is 12.6 Å². The van der Waals surface area contributed by atoms with E-state index in [1.165, 1.54) is 11.0 Å². The maximum absolute atomic E-state index is 11.6. The van der Waals surface area contributed by atoms with Crippen molar-refractivity contribution in [3.05, 3.63) is 16.7 Å². The number of ether oxygens (including phenoxy) is 1. The zero-order valence-electron chi connectivity index (χ0n) is 12.2. The number of hydrogen-bond acceptors (Lipinski definition) is 9. The van der Waals surface area contributed by atoms with Crippen molar-refractivity contribution < 1.29 is 14.9 Å². The number of aromatic nitrogens is 5. The van der Waals surface area contributed by atoms with E-state index in [1.54, 1.807) is 11.8 Å². The predicted octanol–water partition coefficient (Wildman–Crippen LogP) is -1.78. The zero-order chi connectivity index (χ0) is 16.4. The molecule has 0 aromatic carbocycles. The Hall–Kier alpha value is -1.53. The zero-order valence-corrected chi connectivity index (χ0v) is 13.0. The summed E-state index contributed by atoms with van der Waals surface area (Å²) in [4.78, 5) is 18.0. The van der Waals surface area contributed by atoms with Gasteiger partial charge in [0.15, 0.2) is 17.4 Å². The minimum absolute atomic E-state index is 0.0542. The molecule has 1 fully saturated rings. The molecule has 0 bridgehead atoms. The Labute approximate surface area is 135 Å². The molecule has 0 saturated carbocycles. The quantitative estimate of drug-likeness (QED) is 0.446. The fourth-order valence-electron chi connectivity index (χ4n) is 2.40. The largest absolute Gasteiger partial charge is 0.387 e. The lowest BCUT2D eigenvalue weighted by molar-refractivity contribution is -0.0372. The van der Waals surface area contributed by atoms with E-state index in [1.807, 2.05) is 0 Å². The lowest BCUT2D eigenvalue weighted by atomic mass is 10.1. The van der Waals surface area contributed by atoms with E-state index in [-0.39, 0.29) is 11.2 Å². The van der Waals surface area contributed by atoms with Crippen LogP contribution in [-0.4, -0.2) is 71.5 Å². The lowest BCUT2D eigenvalue weighted by Crippen LogP contribution is -2.33. The van der Waals surface area contributed by atoms with Crippen LogP contribution in [-0.2, 0) is 4.74 Å². The van der Waals surface area contributed by atoms with Gasteiger partial charge in [-0.2, -0.15) is 16.4 Å². The summed E-state index contributed by atoms with van der Waals surface area (Å²) in [5.74, 6) is 1.38. The minimum atomic E-state index is -1.18. The van der Waals surface area contributed by atoms with Gasteiger partial charge in [-0.25, -0.2) is 4.98 Å². The monoisotopic (exact) mass is 342 g/mol. The van der Waals surface area contributed by atoms with Gasteiger partial charge in [0.25, 0.3) is 5.56 Å². The number of nitrogens with one attached hydrogen (secondary N) is 1. The maximum Gasteiger partial charge on any atom is 0.280 e. The van der Waals surface area contributed by atoms with Gasteiger partial charge in [-0.3, -0.25) is 4.79 Å². The van der Waals surface area contributed by atoms with Crippen LogP contribution in [0.15, 0.2) is 11.1 Å². The lowest BCUT2D eigenvalue weighted by Gasteiger charge is -2.14. The van der Waals surface area contributed by atoms with Crippen molar-refractivity contribution in [3.63, 3.8) is 0 Å². The summed E-state index contributed by atoms with van der Waals surface area (Å²) < 4.78 is 6.94. The normalized spacial score (nSPS) is 27.8. The second-order valence-corrected chi connectivity index (χ2v) is 6.35. The van der Waals surface area contributed by atoms with E-state index in [9.17, 15) is 15.0 Å². The molecule has 2 aromatic heterocycles. The summed E-state index contributed by atoms with van der Waals surface area (Å²) in [7, 11) is 0. The fourth-order valence-corrected chi connectivity index (χ4v) is 3.45. The second-order valence-electron chi connectivity index (χ2n) is 5.20. The average Bonchev–Trinajstić information content (AvgIpc) is 3.09. The highest BCUT2D eigenvalue weighted by molar-refractivity contribution is 7.99. The average molecular weight is 342 g/mol. The first-order valence-corrected chi connectivity index (χ1v) is 8.37. The van der Waals surface area contributed by atoms with Crippen molar-refractivity contribution in [1.82, 2.24) is 25.0 Å². The van der Waals surface area contributed by atoms with E-state index in [4.69, 9.17) is 10.5 Å². The van der Waals surface area contributed by atoms with Crippen LogP contribution >= 0.6 is 11.8 Å². The molecule has 10 nitrogen and oxygen atoms in total. The second kappa shape index (κ2) is 6.93. The number of aromatic amines is 1. The van der Waals surface area contributed by atoms with Crippen molar-refractivity contribution in [3.8, 4) is 0 Å². The van der Waals surface area contributed by atoms with Gasteiger partial charge in [-0.05, 0) is 18.7 Å². The maximum atomic E-state index is 11.6. The number of aliphatic hydroxyl groups is 2. The molecule has 3 rings (SSSR count). The summed E-state index contributed by atoms with van der Waals surface area (Å²) in [6.07, 6.45) is -1.61. The molecule has 0 unspecified atom stereocenters. The van der Waals surface area contributed by atoms with Gasteiger partial charge < -0.3 is 25.7 Å². The molecule has 4 atom stereocenters. The summed E-state index contributed by atoms with van der Waals surface area (Å²) in [6, 6.07) is 0. The highest BCUT2D eigenvalue weighted by Crippen LogP contribution is 2.31. The number of nitrogens with two attached hydrogens (primary N) is 1. The first-order chi connectivity index (χ1) is 11.1. The van der Waals surface area contributed by atoms with Crippen LogP contribution in [0, 0.1) is 0 Å². The molecular weight excluding hydrogens is 324 g/mol. The van der Waals surface area contributed by atoms with Crippen molar-refractivity contribution in [1.29, 1.82) is 0 Å². The third kappa shape index (κ3) is 3.10. The van der Waals surface area contributed by atoms with Crippen LogP contribution in [0.3, 0.4) is 0 Å². The smallest absolute Gasteiger partial charge is 0.280 e. The van der Waals surface area contributed by atoms with Crippen LogP contribution in [0.5, 0.6) is 0 Å². The Kier molecular flexibility index (Phi) is 4.92. The standard InChI is InChI=1S/C12H18N6O4S/c13-2-1-3-23-4-6-8(19)9(20)12(22-6)18-10-7(16-17-18)11(21)15-5-14-10/h5-6,8-9,12,19-20H,1-4,13H2,(H,14,15,21)/t6-,8-,9-,12-/m1/s1. The molecule has 5 N–H and O–H groups in total. The number of fused-ring (bicyclic) bond motifs is 1. The van der Waals surface area contributed by atoms with Crippen molar-refractivity contribution in [2.45, 2.75) is 31.0 Å². The summed E-state index contributed by atoms with van der Waals surface area (Å²) in [5, 5.41) is 28.0. The van der Waals surface area contributed by atoms with Gasteiger partial charge in [0, 0.05) is 5.75 Å². The molecule has 0 aliphatic carbocycles. The molecule has 1 aliphatic rings. The molecule has 23 heavy (non-hydrogen) atoms. The Morgan fingerprint density at radius 1 is 1.43 bits per heavy atom. The number of aliphatic hydroxyl groups excluding tert-OH is 2.